The van der Waals surface area contributed by atoms with E-state index in [2.05, 4.69) is 10.6 Å². The Labute approximate surface area is 334 Å². The third-order valence-electron chi connectivity index (χ3n) is 11.7. The third-order valence-corrected chi connectivity index (χ3v) is 11.7. The normalized spacial score (nSPS) is 23.8. The fourth-order valence-corrected chi connectivity index (χ4v) is 8.89. The van der Waals surface area contributed by atoms with E-state index in [1.165, 1.54) is 26.8 Å². The van der Waals surface area contributed by atoms with Gasteiger partial charge in [0.25, 0.3) is 0 Å². The molecule has 0 aromatic heterocycles. The van der Waals surface area contributed by atoms with Gasteiger partial charge in [-0.3, -0.25) is 28.8 Å². The predicted molar refractivity (Wildman–Crippen MR) is 209 cm³/mol. The van der Waals surface area contributed by atoms with Crippen molar-refractivity contribution in [1.29, 1.82) is 0 Å². The molecule has 6 amide bonds. The van der Waals surface area contributed by atoms with E-state index in [4.69, 9.17) is 5.73 Å². The van der Waals surface area contributed by atoms with Gasteiger partial charge in [-0.1, -0.05) is 39.8 Å². The molecule has 57 heavy (non-hydrogen) atoms. The fourth-order valence-electron chi connectivity index (χ4n) is 8.89. The maximum absolute atomic E-state index is 14.3. The van der Waals surface area contributed by atoms with E-state index in [0.717, 1.165) is 0 Å². The summed E-state index contributed by atoms with van der Waals surface area (Å²) in [4.78, 5) is 101. The van der Waals surface area contributed by atoms with Crippen LogP contribution < -0.4 is 16.4 Å². The number of hydrogen-bond acceptors (Lipinski definition) is 9. The van der Waals surface area contributed by atoms with Crippen molar-refractivity contribution in [3.63, 3.8) is 0 Å². The van der Waals surface area contributed by atoms with E-state index in [9.17, 15) is 43.8 Å². The average Bonchev–Trinajstić information content (AvgIpc) is 4.00. The molecule has 0 bridgehead atoms. The first-order chi connectivity index (χ1) is 27.1. The third kappa shape index (κ3) is 10.4. The van der Waals surface area contributed by atoms with Crippen molar-refractivity contribution in [1.82, 2.24) is 30.2 Å². The van der Waals surface area contributed by atoms with Gasteiger partial charge in [0.1, 0.15) is 42.0 Å². The minimum atomic E-state index is -1.13. The number of aliphatic carboxylic acids is 1. The molecule has 6 N–H and O–H groups in total. The molecule has 16 nitrogen and oxygen atoms in total. The van der Waals surface area contributed by atoms with Gasteiger partial charge in [0.2, 0.25) is 35.4 Å². The summed E-state index contributed by atoms with van der Waals surface area (Å²) in [5.74, 6) is -3.46. The molecular formula is C41H61N7O9. The summed E-state index contributed by atoms with van der Waals surface area (Å²) >= 11 is 0. The Kier molecular flexibility index (Phi) is 14.6. The number of hydrogen-bond donors (Lipinski definition) is 5. The van der Waals surface area contributed by atoms with Gasteiger partial charge in [-0.25, -0.2) is 4.79 Å². The second kappa shape index (κ2) is 19.1. The largest absolute Gasteiger partial charge is 0.508 e. The topological polar surface area (TPSA) is 223 Å². The van der Waals surface area contributed by atoms with Crippen LogP contribution in [0.1, 0.15) is 97.5 Å². The Balaban J connectivity index is 1.29. The molecule has 0 aliphatic carbocycles. The zero-order chi connectivity index (χ0) is 41.6. The molecule has 4 aliphatic heterocycles. The number of likely N-dealkylation sites (tertiary alicyclic amines) is 4. The number of nitrogens with two attached hydrogens (primary N) is 1. The monoisotopic (exact) mass is 795 g/mol. The Bertz CT molecular complexity index is 1650. The second-order valence-corrected chi connectivity index (χ2v) is 17.0. The number of phenols is 1. The van der Waals surface area contributed by atoms with Crippen LogP contribution in [0.5, 0.6) is 5.75 Å². The zero-order valence-corrected chi connectivity index (χ0v) is 33.7. The molecule has 1 aromatic carbocycles. The summed E-state index contributed by atoms with van der Waals surface area (Å²) in [6.45, 7) is 9.07. The van der Waals surface area contributed by atoms with Crippen LogP contribution in [0, 0.1) is 11.8 Å². The average molecular weight is 796 g/mol. The Morgan fingerprint density at radius 2 is 1.07 bits per heavy atom. The van der Waals surface area contributed by atoms with Crippen molar-refractivity contribution in [2.24, 2.45) is 17.6 Å². The molecule has 16 heteroatoms. The molecular weight excluding hydrogens is 734 g/mol. The summed E-state index contributed by atoms with van der Waals surface area (Å²) in [6, 6.07) is -0.145. The predicted octanol–water partition coefficient (Wildman–Crippen LogP) is 1.37. The van der Waals surface area contributed by atoms with Crippen molar-refractivity contribution in [3.8, 4) is 5.75 Å². The van der Waals surface area contributed by atoms with Gasteiger partial charge in [0, 0.05) is 32.6 Å². The number of carboxylic acid groups (broad SMARTS) is 1. The van der Waals surface area contributed by atoms with Crippen molar-refractivity contribution in [2.45, 2.75) is 141 Å². The molecule has 0 radical (unpaired) electrons. The molecule has 314 valence electrons. The van der Waals surface area contributed by atoms with Crippen LogP contribution in [0.4, 0.5) is 0 Å². The minimum Gasteiger partial charge on any atom is -0.508 e. The number of aromatic hydroxyl groups is 1. The number of nitrogens with one attached hydrogen (secondary N) is 2. The Morgan fingerprint density at radius 1 is 0.632 bits per heavy atom. The van der Waals surface area contributed by atoms with E-state index < -0.39 is 71.9 Å². The zero-order valence-electron chi connectivity index (χ0n) is 33.7. The SMILES string of the molecule is CC(C)CC(N)C(=O)N1CCCC1C(=O)N1CCCC1C(=O)NC(CC(C)C)C(=O)N1CCCC1C(=O)NC(Cc1ccc(O)cc1)C(=O)N1CCCC1C(=O)O. The van der Waals surface area contributed by atoms with Crippen LogP contribution in [0.25, 0.3) is 0 Å². The molecule has 5 rings (SSSR count). The van der Waals surface area contributed by atoms with Gasteiger partial charge in [0.15, 0.2) is 0 Å². The highest BCUT2D eigenvalue weighted by Crippen LogP contribution is 2.28. The molecule has 4 aliphatic rings. The van der Waals surface area contributed by atoms with Crippen molar-refractivity contribution in [3.05, 3.63) is 29.8 Å². The molecule has 4 heterocycles. The van der Waals surface area contributed by atoms with Gasteiger partial charge < -0.3 is 46.2 Å². The van der Waals surface area contributed by atoms with Crippen LogP contribution in [-0.2, 0) is 40.0 Å². The van der Waals surface area contributed by atoms with Crippen molar-refractivity contribution in [2.75, 3.05) is 26.2 Å². The molecule has 1 aromatic rings. The molecule has 0 spiro atoms. The number of benzene rings is 1. The van der Waals surface area contributed by atoms with Crippen LogP contribution >= 0.6 is 0 Å². The summed E-state index contributed by atoms with van der Waals surface area (Å²) in [5.41, 5.74) is 6.86. The fraction of sp³-hybridized carbons (Fsp3) is 0.683. The van der Waals surface area contributed by atoms with Crippen molar-refractivity contribution >= 4 is 41.4 Å². The quantitative estimate of drug-likeness (QED) is 0.172. The number of carboxylic acids is 1. The number of nitrogens with zero attached hydrogens (tertiary/aromatic N) is 4. The van der Waals surface area contributed by atoms with Crippen LogP contribution in [0.15, 0.2) is 24.3 Å². The van der Waals surface area contributed by atoms with E-state index in [1.54, 1.807) is 17.0 Å². The molecule has 4 fully saturated rings. The Morgan fingerprint density at radius 3 is 1.61 bits per heavy atom. The van der Waals surface area contributed by atoms with Crippen LogP contribution in [0.3, 0.4) is 0 Å². The van der Waals surface area contributed by atoms with Gasteiger partial charge >= 0.3 is 5.97 Å². The highest BCUT2D eigenvalue weighted by Gasteiger charge is 2.45. The molecule has 7 atom stereocenters. The van der Waals surface area contributed by atoms with E-state index in [1.807, 2.05) is 27.7 Å². The van der Waals surface area contributed by atoms with Crippen LogP contribution in [-0.4, -0.2) is 140 Å². The number of rotatable bonds is 15. The first kappa shape index (κ1) is 43.4. The van der Waals surface area contributed by atoms with E-state index >= 15 is 0 Å². The van der Waals surface area contributed by atoms with Crippen LogP contribution in [0.2, 0.25) is 0 Å². The lowest BCUT2D eigenvalue weighted by Crippen LogP contribution is -2.59. The summed E-state index contributed by atoms with van der Waals surface area (Å²) in [5, 5.41) is 25.3. The number of carbonyl (C=O) groups excluding carboxylic acids is 6. The maximum Gasteiger partial charge on any atom is 0.326 e. The number of carbonyl (C=O) groups is 7. The second-order valence-electron chi connectivity index (χ2n) is 17.0. The van der Waals surface area contributed by atoms with Gasteiger partial charge in [-0.2, -0.15) is 0 Å². The van der Waals surface area contributed by atoms with Gasteiger partial charge in [0.05, 0.1) is 6.04 Å². The lowest BCUT2D eigenvalue weighted by Gasteiger charge is -2.34. The first-order valence-corrected chi connectivity index (χ1v) is 20.7. The molecule has 7 unspecified atom stereocenters. The standard InChI is InChI=1S/C41H61N7O9/c1-24(2)21-28(42)37(52)47-19-7-11-33(47)40(55)46-18-6-10-32(46)36(51)43-29(22-25(3)4)38(53)45-17-5-9-31(45)35(50)44-30(23-26-13-15-27(49)16-14-26)39(54)48-20-8-12-34(48)41(56)57/h13-16,24-25,28-34,49H,5-12,17-23,42H2,1-4H3,(H,43,51)(H,44,50)(H,56,57). The lowest BCUT2D eigenvalue weighted by molar-refractivity contribution is -0.150. The van der Waals surface area contributed by atoms with Gasteiger partial charge in [-0.15, -0.1) is 0 Å². The highest BCUT2D eigenvalue weighted by molar-refractivity contribution is 5.97. The molecule has 0 saturated carbocycles. The summed E-state index contributed by atoms with van der Waals surface area (Å²) in [6.07, 6.45) is 4.59. The van der Waals surface area contributed by atoms with E-state index in [-0.39, 0.29) is 55.3 Å². The first-order valence-electron chi connectivity index (χ1n) is 20.7. The van der Waals surface area contributed by atoms with Gasteiger partial charge in [-0.05, 0) is 93.7 Å². The lowest BCUT2D eigenvalue weighted by atomic mass is 10.0. The smallest absolute Gasteiger partial charge is 0.326 e. The van der Waals surface area contributed by atoms with Crippen molar-refractivity contribution < 1.29 is 43.8 Å². The maximum atomic E-state index is 14.3. The number of amides is 6. The highest BCUT2D eigenvalue weighted by atomic mass is 16.4. The van der Waals surface area contributed by atoms with E-state index in [0.29, 0.717) is 76.4 Å². The summed E-state index contributed by atoms with van der Waals surface area (Å²) in [7, 11) is 0. The number of phenolic OH excluding ortho intramolecular Hbond substituents is 1. The minimum absolute atomic E-state index is 0.0153. The summed E-state index contributed by atoms with van der Waals surface area (Å²) < 4.78 is 0. The Hall–Kier alpha value is -4.73. The molecule has 4 saturated heterocycles.